The van der Waals surface area contributed by atoms with Crippen molar-refractivity contribution < 1.29 is 29.0 Å². The standard InChI is InChI=1S/C14H23N3O6/c1-13(2,3)23-12(22)14(16,7-9(15)18)11(21)17-6-4-5-8(17)10(19)20/h8H,4-7,16H2,1-3H3,(H2,15,18)(H,19,20)/t8-,14-/m0/s1. The Morgan fingerprint density at radius 2 is 1.83 bits per heavy atom. The number of carboxylic acids is 1. The fraction of sp³-hybridized carbons (Fsp3) is 0.714. The van der Waals surface area contributed by atoms with Gasteiger partial charge in [0.05, 0.1) is 6.42 Å². The van der Waals surface area contributed by atoms with Crippen molar-refractivity contribution in [3.63, 3.8) is 0 Å². The van der Waals surface area contributed by atoms with Crippen LogP contribution < -0.4 is 11.5 Å². The van der Waals surface area contributed by atoms with Crippen LogP contribution >= 0.6 is 0 Å². The molecule has 0 radical (unpaired) electrons. The molecule has 0 aromatic heterocycles. The van der Waals surface area contributed by atoms with Crippen LogP contribution in [0.15, 0.2) is 0 Å². The molecule has 1 fully saturated rings. The summed E-state index contributed by atoms with van der Waals surface area (Å²) in [7, 11) is 0. The lowest BCUT2D eigenvalue weighted by molar-refractivity contribution is -0.170. The number of nitrogens with zero attached hydrogens (tertiary/aromatic N) is 1. The zero-order valence-corrected chi connectivity index (χ0v) is 13.5. The number of carboxylic acid groups (broad SMARTS) is 1. The van der Waals surface area contributed by atoms with Crippen molar-refractivity contribution >= 4 is 23.8 Å². The summed E-state index contributed by atoms with van der Waals surface area (Å²) in [6.45, 7) is 4.87. The minimum Gasteiger partial charge on any atom is -0.480 e. The van der Waals surface area contributed by atoms with Crippen LogP contribution in [-0.4, -0.2) is 57.5 Å². The first-order valence-corrected chi connectivity index (χ1v) is 7.23. The Kier molecular flexibility index (Phi) is 5.36. The van der Waals surface area contributed by atoms with E-state index in [1.165, 1.54) is 0 Å². The number of hydrogen-bond acceptors (Lipinski definition) is 6. The number of likely N-dealkylation sites (tertiary alicyclic amines) is 1. The summed E-state index contributed by atoms with van der Waals surface area (Å²) in [6.07, 6.45) is -0.0463. The molecule has 130 valence electrons. The van der Waals surface area contributed by atoms with Crippen molar-refractivity contribution in [1.82, 2.24) is 4.90 Å². The molecule has 1 heterocycles. The second-order valence-corrected chi connectivity index (χ2v) is 6.61. The van der Waals surface area contributed by atoms with Crippen LogP contribution in [0.25, 0.3) is 0 Å². The normalized spacial score (nSPS) is 20.7. The summed E-state index contributed by atoms with van der Waals surface area (Å²) in [4.78, 5) is 48.5. The van der Waals surface area contributed by atoms with E-state index < -0.39 is 47.4 Å². The van der Waals surface area contributed by atoms with E-state index in [0.717, 1.165) is 4.90 Å². The van der Waals surface area contributed by atoms with Gasteiger partial charge in [0.2, 0.25) is 11.4 Å². The lowest BCUT2D eigenvalue weighted by Crippen LogP contribution is -2.64. The maximum absolute atomic E-state index is 12.7. The van der Waals surface area contributed by atoms with Gasteiger partial charge < -0.3 is 26.2 Å². The number of hydrogen-bond donors (Lipinski definition) is 3. The molecule has 5 N–H and O–H groups in total. The number of primary amides is 1. The molecule has 2 amide bonds. The van der Waals surface area contributed by atoms with Crippen LogP contribution in [0.3, 0.4) is 0 Å². The third-order valence-corrected chi connectivity index (χ3v) is 3.40. The molecular formula is C14H23N3O6. The van der Waals surface area contributed by atoms with Gasteiger partial charge in [-0.25, -0.2) is 9.59 Å². The summed E-state index contributed by atoms with van der Waals surface area (Å²) in [5.74, 6) is -4.22. The lowest BCUT2D eigenvalue weighted by atomic mass is 9.93. The molecule has 1 aliphatic heterocycles. The first-order chi connectivity index (χ1) is 10.4. The van der Waals surface area contributed by atoms with Crippen LogP contribution in [-0.2, 0) is 23.9 Å². The highest BCUT2D eigenvalue weighted by molar-refractivity contribution is 6.11. The van der Waals surface area contributed by atoms with E-state index in [1.54, 1.807) is 20.8 Å². The second kappa shape index (κ2) is 6.53. The monoisotopic (exact) mass is 329 g/mol. The minimum absolute atomic E-state index is 0.135. The summed E-state index contributed by atoms with van der Waals surface area (Å²) in [5, 5.41) is 9.16. The Labute approximate surface area is 133 Å². The van der Waals surface area contributed by atoms with Gasteiger partial charge in [0.15, 0.2) is 0 Å². The van der Waals surface area contributed by atoms with Gasteiger partial charge in [0, 0.05) is 6.54 Å². The molecule has 9 nitrogen and oxygen atoms in total. The van der Waals surface area contributed by atoms with E-state index in [1.807, 2.05) is 0 Å². The molecular weight excluding hydrogens is 306 g/mol. The van der Waals surface area contributed by atoms with Gasteiger partial charge in [-0.1, -0.05) is 0 Å². The highest BCUT2D eigenvalue weighted by Crippen LogP contribution is 2.24. The van der Waals surface area contributed by atoms with Gasteiger partial charge >= 0.3 is 11.9 Å². The molecule has 0 aliphatic carbocycles. The Balaban J connectivity index is 3.14. The minimum atomic E-state index is -2.34. The maximum atomic E-state index is 12.7. The Bertz CT molecular complexity index is 527. The quantitative estimate of drug-likeness (QED) is 0.431. The molecule has 0 aromatic carbocycles. The molecule has 1 rings (SSSR count). The molecule has 0 bridgehead atoms. The van der Waals surface area contributed by atoms with Crippen LogP contribution in [0.4, 0.5) is 0 Å². The molecule has 9 heteroatoms. The fourth-order valence-electron chi connectivity index (χ4n) is 2.40. The molecule has 0 unspecified atom stereocenters. The van der Waals surface area contributed by atoms with Gasteiger partial charge in [-0.3, -0.25) is 9.59 Å². The number of nitrogens with two attached hydrogens (primary N) is 2. The van der Waals surface area contributed by atoms with Crippen molar-refractivity contribution in [2.24, 2.45) is 11.5 Å². The highest BCUT2D eigenvalue weighted by Gasteiger charge is 2.51. The summed E-state index contributed by atoms with van der Waals surface area (Å²) >= 11 is 0. The van der Waals surface area contributed by atoms with E-state index in [9.17, 15) is 19.2 Å². The van der Waals surface area contributed by atoms with Crippen molar-refractivity contribution in [2.75, 3.05) is 6.54 Å². The largest absolute Gasteiger partial charge is 0.480 e. The first-order valence-electron chi connectivity index (χ1n) is 7.23. The molecule has 2 atom stereocenters. The number of aliphatic carboxylic acids is 1. The van der Waals surface area contributed by atoms with E-state index in [0.29, 0.717) is 6.42 Å². The Hall–Kier alpha value is -2.16. The maximum Gasteiger partial charge on any atom is 0.337 e. The Morgan fingerprint density at radius 1 is 1.26 bits per heavy atom. The predicted octanol–water partition coefficient (Wildman–Crippen LogP) is -1.02. The molecule has 0 aromatic rings. The lowest BCUT2D eigenvalue weighted by Gasteiger charge is -2.33. The predicted molar refractivity (Wildman–Crippen MR) is 78.9 cm³/mol. The van der Waals surface area contributed by atoms with Gasteiger partial charge in [0.25, 0.3) is 5.91 Å². The Morgan fingerprint density at radius 3 is 2.26 bits per heavy atom. The SMILES string of the molecule is CC(C)(C)OC(=O)[C@](N)(CC(N)=O)C(=O)N1CCC[C@H]1C(=O)O. The number of rotatable bonds is 5. The fourth-order valence-corrected chi connectivity index (χ4v) is 2.40. The van der Waals surface area contributed by atoms with E-state index in [-0.39, 0.29) is 13.0 Å². The van der Waals surface area contributed by atoms with Crippen LogP contribution in [0.5, 0.6) is 0 Å². The van der Waals surface area contributed by atoms with Crippen molar-refractivity contribution in [2.45, 2.75) is 57.2 Å². The van der Waals surface area contributed by atoms with Gasteiger partial charge in [0.1, 0.15) is 11.6 Å². The molecule has 1 saturated heterocycles. The van der Waals surface area contributed by atoms with E-state index >= 15 is 0 Å². The average Bonchev–Trinajstić information content (AvgIpc) is 2.83. The summed E-state index contributed by atoms with van der Waals surface area (Å²) in [5.41, 5.74) is 7.70. The third kappa shape index (κ3) is 4.41. The topological polar surface area (TPSA) is 153 Å². The molecule has 0 spiro atoms. The summed E-state index contributed by atoms with van der Waals surface area (Å²) in [6, 6.07) is -1.08. The molecule has 1 aliphatic rings. The second-order valence-electron chi connectivity index (χ2n) is 6.61. The molecule has 23 heavy (non-hydrogen) atoms. The van der Waals surface area contributed by atoms with Crippen LogP contribution in [0.1, 0.15) is 40.0 Å². The summed E-state index contributed by atoms with van der Waals surface area (Å²) < 4.78 is 5.11. The third-order valence-electron chi connectivity index (χ3n) is 3.40. The average molecular weight is 329 g/mol. The molecule has 0 saturated carbocycles. The van der Waals surface area contributed by atoms with Gasteiger partial charge in [-0.15, -0.1) is 0 Å². The van der Waals surface area contributed by atoms with Gasteiger partial charge in [-0.05, 0) is 33.6 Å². The van der Waals surface area contributed by atoms with Crippen molar-refractivity contribution in [1.29, 1.82) is 0 Å². The highest BCUT2D eigenvalue weighted by atomic mass is 16.6. The van der Waals surface area contributed by atoms with Crippen LogP contribution in [0.2, 0.25) is 0 Å². The zero-order chi connectivity index (χ0) is 18.0. The number of ether oxygens (including phenoxy) is 1. The smallest absolute Gasteiger partial charge is 0.337 e. The van der Waals surface area contributed by atoms with Crippen LogP contribution in [0, 0.1) is 0 Å². The number of amides is 2. The van der Waals surface area contributed by atoms with E-state index in [4.69, 9.17) is 21.3 Å². The number of carbonyl (C=O) groups is 4. The van der Waals surface area contributed by atoms with Gasteiger partial charge in [-0.2, -0.15) is 0 Å². The number of esters is 1. The zero-order valence-electron chi connectivity index (χ0n) is 13.5. The van der Waals surface area contributed by atoms with Crippen molar-refractivity contribution in [3.05, 3.63) is 0 Å². The number of carbonyl (C=O) groups excluding carboxylic acids is 3. The first kappa shape index (κ1) is 18.9. The van der Waals surface area contributed by atoms with Crippen molar-refractivity contribution in [3.8, 4) is 0 Å². The van der Waals surface area contributed by atoms with E-state index in [2.05, 4.69) is 0 Å².